The van der Waals surface area contributed by atoms with Crippen molar-refractivity contribution in [2.45, 2.75) is 0 Å². The van der Waals surface area contributed by atoms with Gasteiger partial charge in [-0.2, -0.15) is 0 Å². The average Bonchev–Trinajstić information content (AvgIpc) is 2.33. The van der Waals surface area contributed by atoms with Crippen molar-refractivity contribution in [1.82, 2.24) is 4.98 Å². The number of ether oxygens (including phenoxy) is 1. The van der Waals surface area contributed by atoms with E-state index in [1.54, 1.807) is 0 Å². The van der Waals surface area contributed by atoms with E-state index in [1.807, 2.05) is 0 Å². The van der Waals surface area contributed by atoms with Gasteiger partial charge in [0, 0.05) is 12.3 Å². The van der Waals surface area contributed by atoms with Gasteiger partial charge in [0.1, 0.15) is 11.6 Å². The van der Waals surface area contributed by atoms with Gasteiger partial charge in [-0.05, 0) is 34.1 Å². The van der Waals surface area contributed by atoms with Gasteiger partial charge in [-0.3, -0.25) is 10.1 Å². The van der Waals surface area contributed by atoms with E-state index in [-0.39, 0.29) is 11.6 Å². The molecule has 0 spiro atoms. The van der Waals surface area contributed by atoms with Gasteiger partial charge >= 0.3 is 0 Å². The topological polar surface area (TPSA) is 65.3 Å². The first-order valence-electron chi connectivity index (χ1n) is 4.79. The van der Waals surface area contributed by atoms with Gasteiger partial charge in [-0.15, -0.1) is 0 Å². The third-order valence-corrected chi connectivity index (χ3v) is 2.66. The van der Waals surface area contributed by atoms with Gasteiger partial charge in [-0.25, -0.2) is 9.37 Å². The van der Waals surface area contributed by atoms with Gasteiger partial charge in [0.2, 0.25) is 5.88 Å². The Morgan fingerprint density at radius 1 is 1.33 bits per heavy atom. The van der Waals surface area contributed by atoms with Crippen LogP contribution in [0.25, 0.3) is 0 Å². The van der Waals surface area contributed by atoms with E-state index < -0.39 is 10.7 Å². The molecule has 0 radical (unpaired) electrons. The van der Waals surface area contributed by atoms with Gasteiger partial charge in [-0.1, -0.05) is 0 Å². The number of aromatic nitrogens is 1. The molecule has 2 rings (SSSR count). The van der Waals surface area contributed by atoms with Crippen molar-refractivity contribution in [3.63, 3.8) is 0 Å². The number of hydrogen-bond acceptors (Lipinski definition) is 4. The predicted molar refractivity (Wildman–Crippen MR) is 65.1 cm³/mol. The quantitative estimate of drug-likeness (QED) is 0.640. The normalized spacial score (nSPS) is 10.1. The number of benzene rings is 1. The number of rotatable bonds is 3. The summed E-state index contributed by atoms with van der Waals surface area (Å²) in [6.45, 7) is 0. The Labute approximate surface area is 110 Å². The van der Waals surface area contributed by atoms with Crippen molar-refractivity contribution in [3.8, 4) is 11.6 Å². The number of halogens is 2. The highest BCUT2D eigenvalue weighted by atomic mass is 79.9. The van der Waals surface area contributed by atoms with Crippen molar-refractivity contribution in [2.75, 3.05) is 0 Å². The lowest BCUT2D eigenvalue weighted by molar-refractivity contribution is -0.385. The van der Waals surface area contributed by atoms with Crippen molar-refractivity contribution < 1.29 is 14.1 Å². The molecule has 1 aromatic heterocycles. The average molecular weight is 313 g/mol. The summed E-state index contributed by atoms with van der Waals surface area (Å²) in [6, 6.07) is 6.30. The maximum Gasteiger partial charge on any atom is 0.276 e. The molecule has 18 heavy (non-hydrogen) atoms. The third kappa shape index (κ3) is 2.80. The summed E-state index contributed by atoms with van der Waals surface area (Å²) in [7, 11) is 0. The molecule has 7 heteroatoms. The van der Waals surface area contributed by atoms with Crippen LogP contribution < -0.4 is 4.74 Å². The second kappa shape index (κ2) is 5.09. The first-order chi connectivity index (χ1) is 8.56. The van der Waals surface area contributed by atoms with E-state index >= 15 is 0 Å². The minimum atomic E-state index is -0.547. The molecule has 92 valence electrons. The summed E-state index contributed by atoms with van der Waals surface area (Å²) in [6.07, 6.45) is 1.27. The fourth-order valence-electron chi connectivity index (χ4n) is 1.24. The first kappa shape index (κ1) is 12.4. The molecular weight excluding hydrogens is 307 g/mol. The fraction of sp³-hybridized carbons (Fsp3) is 0. The van der Waals surface area contributed by atoms with Crippen molar-refractivity contribution in [1.29, 1.82) is 0 Å². The molecule has 0 saturated carbocycles. The molecule has 0 unspecified atom stereocenters. The van der Waals surface area contributed by atoms with Crippen molar-refractivity contribution in [2.24, 2.45) is 0 Å². The SMILES string of the molecule is O=[N+]([O-])c1ccnc(Oc2ccc(F)cc2Br)c1. The summed E-state index contributed by atoms with van der Waals surface area (Å²) in [5, 5.41) is 10.6. The molecule has 0 aliphatic rings. The highest BCUT2D eigenvalue weighted by Gasteiger charge is 2.10. The molecule has 0 atom stereocenters. The van der Waals surface area contributed by atoms with Crippen LogP contribution in [0.1, 0.15) is 0 Å². The van der Waals surface area contributed by atoms with Crippen LogP contribution in [0, 0.1) is 15.9 Å². The molecule has 0 amide bonds. The molecule has 0 N–H and O–H groups in total. The van der Waals surface area contributed by atoms with Gasteiger partial charge < -0.3 is 4.74 Å². The maximum absolute atomic E-state index is 12.9. The second-order valence-corrected chi connectivity index (χ2v) is 4.14. The third-order valence-electron chi connectivity index (χ3n) is 2.04. The molecule has 0 aliphatic carbocycles. The molecule has 0 aliphatic heterocycles. The summed E-state index contributed by atoms with van der Waals surface area (Å²) >= 11 is 3.13. The predicted octanol–water partition coefficient (Wildman–Crippen LogP) is 3.68. The second-order valence-electron chi connectivity index (χ2n) is 3.29. The van der Waals surface area contributed by atoms with Crippen LogP contribution in [0.5, 0.6) is 11.6 Å². The lowest BCUT2D eigenvalue weighted by Crippen LogP contribution is -1.92. The summed E-state index contributed by atoms with van der Waals surface area (Å²) in [5.41, 5.74) is -0.127. The Hall–Kier alpha value is -2.02. The number of pyridine rings is 1. The molecule has 0 bridgehead atoms. The van der Waals surface area contributed by atoms with E-state index in [9.17, 15) is 14.5 Å². The first-order valence-corrected chi connectivity index (χ1v) is 5.59. The standard InChI is InChI=1S/C11H6BrFN2O3/c12-9-5-7(13)1-2-10(9)18-11-6-8(15(16)17)3-4-14-11/h1-6H. The Kier molecular flexibility index (Phi) is 3.52. The maximum atomic E-state index is 12.9. The van der Waals surface area contributed by atoms with Crippen LogP contribution in [-0.4, -0.2) is 9.91 Å². The Morgan fingerprint density at radius 3 is 2.78 bits per heavy atom. The van der Waals surface area contributed by atoms with E-state index in [0.717, 1.165) is 0 Å². The summed E-state index contributed by atoms with van der Waals surface area (Å²) in [5.74, 6) is -0.0258. The largest absolute Gasteiger partial charge is 0.438 e. The lowest BCUT2D eigenvalue weighted by atomic mass is 10.3. The van der Waals surface area contributed by atoms with Crippen LogP contribution in [0.15, 0.2) is 41.0 Å². The summed E-state index contributed by atoms with van der Waals surface area (Å²) in [4.78, 5) is 13.9. The highest BCUT2D eigenvalue weighted by molar-refractivity contribution is 9.10. The highest BCUT2D eigenvalue weighted by Crippen LogP contribution is 2.30. The van der Waals surface area contributed by atoms with Crippen LogP contribution in [0.4, 0.5) is 10.1 Å². The van der Waals surface area contributed by atoms with Crippen LogP contribution in [0.2, 0.25) is 0 Å². The monoisotopic (exact) mass is 312 g/mol. The molecule has 0 saturated heterocycles. The molecule has 1 heterocycles. The molecular formula is C11H6BrFN2O3. The molecule has 1 aromatic carbocycles. The number of nitrogens with zero attached hydrogens (tertiary/aromatic N) is 2. The van der Waals surface area contributed by atoms with Crippen LogP contribution in [0.3, 0.4) is 0 Å². The summed E-state index contributed by atoms with van der Waals surface area (Å²) < 4.78 is 18.6. The zero-order valence-corrected chi connectivity index (χ0v) is 10.4. The lowest BCUT2D eigenvalue weighted by Gasteiger charge is -2.06. The van der Waals surface area contributed by atoms with Crippen molar-refractivity contribution in [3.05, 3.63) is 56.9 Å². The van der Waals surface area contributed by atoms with Crippen LogP contribution >= 0.6 is 15.9 Å². The van der Waals surface area contributed by atoms with Crippen LogP contribution in [-0.2, 0) is 0 Å². The Bertz CT molecular complexity index is 607. The van der Waals surface area contributed by atoms with Gasteiger partial charge in [0.15, 0.2) is 0 Å². The molecule has 2 aromatic rings. The Balaban J connectivity index is 2.28. The zero-order chi connectivity index (χ0) is 13.1. The minimum Gasteiger partial charge on any atom is -0.438 e. The van der Waals surface area contributed by atoms with E-state index in [0.29, 0.717) is 10.2 Å². The van der Waals surface area contributed by atoms with E-state index in [1.165, 1.54) is 36.5 Å². The fourth-order valence-corrected chi connectivity index (χ4v) is 1.67. The smallest absolute Gasteiger partial charge is 0.276 e. The Morgan fingerprint density at radius 2 is 2.11 bits per heavy atom. The number of nitro groups is 1. The number of hydrogen-bond donors (Lipinski definition) is 0. The minimum absolute atomic E-state index is 0.0662. The van der Waals surface area contributed by atoms with E-state index in [2.05, 4.69) is 20.9 Å². The van der Waals surface area contributed by atoms with Gasteiger partial charge in [0.05, 0.1) is 15.5 Å². The molecule has 5 nitrogen and oxygen atoms in total. The van der Waals surface area contributed by atoms with E-state index in [4.69, 9.17) is 4.74 Å². The van der Waals surface area contributed by atoms with Gasteiger partial charge in [0.25, 0.3) is 5.69 Å². The molecule has 0 fully saturated rings. The zero-order valence-electron chi connectivity index (χ0n) is 8.84. The van der Waals surface area contributed by atoms with Crippen molar-refractivity contribution >= 4 is 21.6 Å².